The molecule has 90 valence electrons. The van der Waals surface area contributed by atoms with Crippen LogP contribution in [0, 0.1) is 22.7 Å². The molecule has 0 spiro atoms. The van der Waals surface area contributed by atoms with Crippen molar-refractivity contribution in [1.82, 2.24) is 9.88 Å². The molecule has 1 aliphatic heterocycles. The maximum atomic E-state index is 9.29. The first-order chi connectivity index (χ1) is 8.85. The van der Waals surface area contributed by atoms with E-state index in [1.54, 1.807) is 6.20 Å². The number of pyridine rings is 1. The molecule has 1 aromatic heterocycles. The van der Waals surface area contributed by atoms with Crippen LogP contribution in [0.4, 0.5) is 0 Å². The van der Waals surface area contributed by atoms with E-state index in [0.29, 0.717) is 12.1 Å². The summed E-state index contributed by atoms with van der Waals surface area (Å²) in [6.45, 7) is 2.17. The molecule has 0 atom stereocenters. The van der Waals surface area contributed by atoms with E-state index in [0.717, 1.165) is 37.2 Å². The normalized spacial score (nSPS) is 15.8. The van der Waals surface area contributed by atoms with Crippen LogP contribution in [0.25, 0.3) is 5.57 Å². The lowest BCUT2D eigenvalue weighted by molar-refractivity contribution is 0.286. The minimum Gasteiger partial charge on any atom is -0.290 e. The van der Waals surface area contributed by atoms with Crippen LogP contribution < -0.4 is 0 Å². The number of rotatable bonds is 2. The maximum Gasteiger partial charge on any atom is 0.101 e. The van der Waals surface area contributed by atoms with Crippen LogP contribution in [-0.4, -0.2) is 29.5 Å². The van der Waals surface area contributed by atoms with Gasteiger partial charge in [0.1, 0.15) is 6.07 Å². The third-order valence-electron chi connectivity index (χ3n) is 3.14. The molecular formula is C14H14N4. The third kappa shape index (κ3) is 2.74. The Morgan fingerprint density at radius 1 is 1.28 bits per heavy atom. The number of hydrogen-bond acceptors (Lipinski definition) is 4. The average molecular weight is 238 g/mol. The molecule has 1 saturated heterocycles. The van der Waals surface area contributed by atoms with Crippen molar-refractivity contribution in [2.24, 2.45) is 0 Å². The van der Waals surface area contributed by atoms with Gasteiger partial charge in [-0.2, -0.15) is 10.5 Å². The predicted molar refractivity (Wildman–Crippen MR) is 68.1 cm³/mol. The Morgan fingerprint density at radius 2 is 2.06 bits per heavy atom. The van der Waals surface area contributed by atoms with E-state index < -0.39 is 0 Å². The second kappa shape index (κ2) is 5.95. The van der Waals surface area contributed by atoms with E-state index in [1.165, 1.54) is 0 Å². The lowest BCUT2D eigenvalue weighted by atomic mass is 9.96. The Labute approximate surface area is 107 Å². The second-order valence-corrected chi connectivity index (χ2v) is 4.24. The summed E-state index contributed by atoms with van der Waals surface area (Å²) in [6.07, 6.45) is 3.40. The van der Waals surface area contributed by atoms with Gasteiger partial charge in [-0.25, -0.2) is 0 Å². The summed E-state index contributed by atoms with van der Waals surface area (Å²) in [5, 5.41) is 17.9. The van der Waals surface area contributed by atoms with Crippen molar-refractivity contribution >= 4 is 5.57 Å². The molecule has 0 aliphatic carbocycles. The smallest absolute Gasteiger partial charge is 0.101 e. The second-order valence-electron chi connectivity index (χ2n) is 4.24. The molecule has 1 aliphatic rings. The molecule has 0 saturated carbocycles. The number of nitriles is 2. The third-order valence-corrected chi connectivity index (χ3v) is 3.14. The Hall–Kier alpha value is -2.17. The molecule has 0 amide bonds. The van der Waals surface area contributed by atoms with E-state index in [-0.39, 0.29) is 0 Å². The van der Waals surface area contributed by atoms with Crippen molar-refractivity contribution in [1.29, 1.82) is 10.5 Å². The van der Waals surface area contributed by atoms with Crippen LogP contribution in [0.1, 0.15) is 18.5 Å². The fourth-order valence-corrected chi connectivity index (χ4v) is 2.16. The van der Waals surface area contributed by atoms with Gasteiger partial charge >= 0.3 is 0 Å². The van der Waals surface area contributed by atoms with Crippen LogP contribution in [-0.2, 0) is 0 Å². The van der Waals surface area contributed by atoms with E-state index in [9.17, 15) is 5.26 Å². The lowest BCUT2D eigenvalue weighted by Gasteiger charge is -2.26. The lowest BCUT2D eigenvalue weighted by Crippen LogP contribution is -2.31. The SMILES string of the molecule is N#CCN1CCC(=C(C#N)c2ccccn2)CC1. The molecule has 0 unspecified atom stereocenters. The number of aromatic nitrogens is 1. The maximum absolute atomic E-state index is 9.29. The van der Waals surface area contributed by atoms with Gasteiger partial charge in [-0.05, 0) is 30.5 Å². The highest BCUT2D eigenvalue weighted by molar-refractivity contribution is 5.77. The van der Waals surface area contributed by atoms with E-state index in [1.807, 2.05) is 18.2 Å². The zero-order chi connectivity index (χ0) is 12.8. The summed E-state index contributed by atoms with van der Waals surface area (Å²) < 4.78 is 0. The molecular weight excluding hydrogens is 224 g/mol. The number of likely N-dealkylation sites (tertiary alicyclic amines) is 1. The summed E-state index contributed by atoms with van der Waals surface area (Å²) in [6, 6.07) is 10.0. The van der Waals surface area contributed by atoms with Gasteiger partial charge in [0.15, 0.2) is 0 Å². The van der Waals surface area contributed by atoms with Gasteiger partial charge in [-0.15, -0.1) is 0 Å². The summed E-state index contributed by atoms with van der Waals surface area (Å²) in [5.41, 5.74) is 2.61. The zero-order valence-corrected chi connectivity index (χ0v) is 10.1. The molecule has 1 aromatic rings. The van der Waals surface area contributed by atoms with Crippen LogP contribution in [0.3, 0.4) is 0 Å². The fourth-order valence-electron chi connectivity index (χ4n) is 2.16. The molecule has 18 heavy (non-hydrogen) atoms. The molecule has 1 fully saturated rings. The van der Waals surface area contributed by atoms with Crippen LogP contribution in [0.5, 0.6) is 0 Å². The van der Waals surface area contributed by atoms with Crippen molar-refractivity contribution in [3.05, 3.63) is 35.7 Å². The van der Waals surface area contributed by atoms with Gasteiger partial charge in [0.05, 0.1) is 23.9 Å². The fraction of sp³-hybridized carbons (Fsp3) is 0.357. The van der Waals surface area contributed by atoms with Gasteiger partial charge in [-0.3, -0.25) is 9.88 Å². The van der Waals surface area contributed by atoms with Gasteiger partial charge in [0.25, 0.3) is 0 Å². The van der Waals surface area contributed by atoms with Crippen molar-refractivity contribution in [3.8, 4) is 12.1 Å². The molecule has 2 rings (SSSR count). The van der Waals surface area contributed by atoms with E-state index in [2.05, 4.69) is 22.0 Å². The first-order valence-corrected chi connectivity index (χ1v) is 5.98. The topological polar surface area (TPSA) is 63.7 Å². The summed E-state index contributed by atoms with van der Waals surface area (Å²) in [7, 11) is 0. The number of hydrogen-bond donors (Lipinski definition) is 0. The highest BCUT2D eigenvalue weighted by atomic mass is 15.1. The minimum absolute atomic E-state index is 0.471. The van der Waals surface area contributed by atoms with Gasteiger partial charge in [0.2, 0.25) is 0 Å². The van der Waals surface area contributed by atoms with Gasteiger partial charge < -0.3 is 0 Å². The van der Waals surface area contributed by atoms with Crippen LogP contribution >= 0.6 is 0 Å². The van der Waals surface area contributed by atoms with Crippen molar-refractivity contribution in [2.45, 2.75) is 12.8 Å². The first-order valence-electron chi connectivity index (χ1n) is 5.98. The van der Waals surface area contributed by atoms with Gasteiger partial charge in [-0.1, -0.05) is 6.07 Å². The Kier molecular flexibility index (Phi) is 4.06. The summed E-state index contributed by atoms with van der Waals surface area (Å²) >= 11 is 0. The summed E-state index contributed by atoms with van der Waals surface area (Å²) in [4.78, 5) is 6.34. The monoisotopic (exact) mass is 238 g/mol. The molecule has 0 radical (unpaired) electrons. The molecule has 0 aromatic carbocycles. The van der Waals surface area contributed by atoms with E-state index >= 15 is 0 Å². The van der Waals surface area contributed by atoms with Crippen LogP contribution in [0.2, 0.25) is 0 Å². The Morgan fingerprint density at radius 3 is 2.61 bits per heavy atom. The van der Waals surface area contributed by atoms with Crippen molar-refractivity contribution in [3.63, 3.8) is 0 Å². The largest absolute Gasteiger partial charge is 0.290 e. The standard InChI is InChI=1S/C14H14N4/c15-6-10-18-8-4-12(5-9-18)13(11-16)14-3-1-2-7-17-14/h1-3,7H,4-5,8-10H2. The highest BCUT2D eigenvalue weighted by Gasteiger charge is 2.17. The Balaban J connectivity index is 2.17. The molecule has 0 bridgehead atoms. The summed E-state index contributed by atoms with van der Waals surface area (Å²) in [5.74, 6) is 0. The molecule has 4 heteroatoms. The number of nitrogens with zero attached hydrogens (tertiary/aromatic N) is 4. The molecule has 4 nitrogen and oxygen atoms in total. The van der Waals surface area contributed by atoms with Gasteiger partial charge in [0, 0.05) is 19.3 Å². The van der Waals surface area contributed by atoms with Crippen molar-refractivity contribution < 1.29 is 0 Å². The highest BCUT2D eigenvalue weighted by Crippen LogP contribution is 2.24. The van der Waals surface area contributed by atoms with E-state index in [4.69, 9.17) is 5.26 Å². The predicted octanol–water partition coefficient (Wildman–Crippen LogP) is 1.98. The van der Waals surface area contributed by atoms with Crippen LogP contribution in [0.15, 0.2) is 30.0 Å². The quantitative estimate of drug-likeness (QED) is 0.583. The van der Waals surface area contributed by atoms with Crippen molar-refractivity contribution in [2.75, 3.05) is 19.6 Å². The molecule has 0 N–H and O–H groups in total. The average Bonchev–Trinajstić information content (AvgIpc) is 2.43. The number of allylic oxidation sites excluding steroid dienone is 1. The number of piperidine rings is 1. The minimum atomic E-state index is 0.471. The zero-order valence-electron chi connectivity index (χ0n) is 10.1. The Bertz CT molecular complexity index is 509. The molecule has 2 heterocycles. The first kappa shape index (κ1) is 12.3.